The molecule has 2 aromatic carbocycles. The van der Waals surface area contributed by atoms with Gasteiger partial charge in [0.1, 0.15) is 6.04 Å². The summed E-state index contributed by atoms with van der Waals surface area (Å²) in [4.78, 5) is 49.6. The van der Waals surface area contributed by atoms with Crippen molar-refractivity contribution >= 4 is 29.5 Å². The number of nitrogens with one attached hydrogen (secondary N) is 2. The van der Waals surface area contributed by atoms with Gasteiger partial charge in [-0.3, -0.25) is 25.0 Å². The molecule has 151 valence electrons. The van der Waals surface area contributed by atoms with E-state index >= 15 is 0 Å². The summed E-state index contributed by atoms with van der Waals surface area (Å²) in [5.41, 5.74) is 2.34. The van der Waals surface area contributed by atoms with Crippen molar-refractivity contribution < 1.29 is 56.6 Å². The quantitative estimate of drug-likeness (QED) is 0.514. The number of para-hydroxylation sites is 1. The molecule has 1 unspecified atom stereocenters. The zero-order valence-corrected chi connectivity index (χ0v) is 18.9. The van der Waals surface area contributed by atoms with E-state index in [0.29, 0.717) is 28.8 Å². The van der Waals surface area contributed by atoms with Gasteiger partial charge in [-0.2, -0.15) is 18.2 Å². The molecule has 0 aromatic heterocycles. The van der Waals surface area contributed by atoms with Crippen LogP contribution in [-0.2, 0) is 60.2 Å². The summed E-state index contributed by atoms with van der Waals surface area (Å²) in [6.07, 6.45) is -0.0937. The van der Waals surface area contributed by atoms with Crippen LogP contribution in [-0.4, -0.2) is 34.8 Å². The van der Waals surface area contributed by atoms with Gasteiger partial charge in [0.2, 0.25) is 11.8 Å². The number of nitrogens with zero attached hydrogens (tertiary/aromatic N) is 1. The molecular formula is C21H18N3O5Y-. The van der Waals surface area contributed by atoms with E-state index < -0.39 is 18.0 Å². The average Bonchev–Trinajstić information content (AvgIpc) is 3.03. The number of amides is 4. The number of rotatable bonds is 4. The number of piperidine rings is 1. The summed E-state index contributed by atoms with van der Waals surface area (Å²) in [5, 5.41) is 4.88. The molecule has 2 aromatic rings. The van der Waals surface area contributed by atoms with Crippen molar-refractivity contribution in [1.29, 1.82) is 0 Å². The molecule has 1 fully saturated rings. The molecule has 1 saturated heterocycles. The van der Waals surface area contributed by atoms with Crippen LogP contribution in [0, 0.1) is 6.07 Å². The van der Waals surface area contributed by atoms with Crippen LogP contribution in [0.4, 0.5) is 10.5 Å². The van der Waals surface area contributed by atoms with Gasteiger partial charge >= 0.3 is 6.09 Å². The van der Waals surface area contributed by atoms with Crippen molar-refractivity contribution in [2.45, 2.75) is 32.0 Å². The summed E-state index contributed by atoms with van der Waals surface area (Å²) in [6.45, 7) is 0.240. The van der Waals surface area contributed by atoms with Crippen molar-refractivity contribution in [3.05, 3.63) is 65.2 Å². The first-order valence-corrected chi connectivity index (χ1v) is 9.18. The Kier molecular flexibility index (Phi) is 7.00. The molecule has 1 radical (unpaired) electrons. The summed E-state index contributed by atoms with van der Waals surface area (Å²) in [5.74, 6) is -1.07. The van der Waals surface area contributed by atoms with Crippen molar-refractivity contribution in [3.63, 3.8) is 0 Å². The van der Waals surface area contributed by atoms with E-state index in [4.69, 9.17) is 4.74 Å². The minimum absolute atomic E-state index is 0. The predicted molar refractivity (Wildman–Crippen MR) is 102 cm³/mol. The van der Waals surface area contributed by atoms with Crippen LogP contribution in [0.1, 0.15) is 34.3 Å². The van der Waals surface area contributed by atoms with E-state index in [1.54, 1.807) is 36.4 Å². The SMILES string of the molecule is O=C1CCC(N2Cc3[c-]cc(COC(=O)Nc4ccccc4)cc3C2=O)C(=O)N1.[Y]. The number of imide groups is 1. The van der Waals surface area contributed by atoms with Crippen LogP contribution in [0.5, 0.6) is 0 Å². The third-order valence-electron chi connectivity index (χ3n) is 4.88. The zero-order valence-electron chi connectivity index (χ0n) is 16.0. The van der Waals surface area contributed by atoms with Gasteiger partial charge in [-0.1, -0.05) is 23.8 Å². The van der Waals surface area contributed by atoms with Crippen LogP contribution in [0.15, 0.2) is 42.5 Å². The normalized spacial score (nSPS) is 17.7. The summed E-state index contributed by atoms with van der Waals surface area (Å²) >= 11 is 0. The molecule has 9 heteroatoms. The smallest absolute Gasteiger partial charge is 0.410 e. The van der Waals surface area contributed by atoms with E-state index in [9.17, 15) is 19.2 Å². The molecule has 2 heterocycles. The van der Waals surface area contributed by atoms with Crippen LogP contribution in [0.2, 0.25) is 0 Å². The fraction of sp³-hybridized carbons (Fsp3) is 0.238. The Bertz CT molecular complexity index is 995. The number of carbonyl (C=O) groups is 4. The third-order valence-corrected chi connectivity index (χ3v) is 4.88. The summed E-state index contributed by atoms with van der Waals surface area (Å²) in [6, 6.07) is 14.6. The molecule has 4 amide bonds. The number of hydrogen-bond donors (Lipinski definition) is 2. The fourth-order valence-electron chi connectivity index (χ4n) is 3.43. The molecule has 1 atom stereocenters. The molecule has 2 aliphatic heterocycles. The first kappa shape index (κ1) is 22.1. The molecular weight excluding hydrogens is 463 g/mol. The Morgan fingerprint density at radius 1 is 1.23 bits per heavy atom. The van der Waals surface area contributed by atoms with E-state index in [0.717, 1.165) is 0 Å². The van der Waals surface area contributed by atoms with Gasteiger partial charge in [0.15, 0.2) is 5.91 Å². The maximum absolute atomic E-state index is 12.8. The number of fused-ring (bicyclic) bond motifs is 1. The number of carbonyl (C=O) groups excluding carboxylic acids is 4. The molecule has 4 rings (SSSR count). The maximum atomic E-state index is 12.8. The Labute approximate surface area is 198 Å². The van der Waals surface area contributed by atoms with Crippen molar-refractivity contribution in [3.8, 4) is 0 Å². The van der Waals surface area contributed by atoms with E-state index in [1.807, 2.05) is 6.07 Å². The molecule has 2 N–H and O–H groups in total. The molecule has 2 aliphatic rings. The maximum Gasteiger partial charge on any atom is 0.410 e. The third kappa shape index (κ3) is 4.76. The number of benzene rings is 2. The van der Waals surface area contributed by atoms with Crippen LogP contribution in [0.3, 0.4) is 0 Å². The summed E-state index contributed by atoms with van der Waals surface area (Å²) < 4.78 is 5.20. The molecule has 0 saturated carbocycles. The standard InChI is InChI=1S/C21H18N3O5.Y/c25-18-9-8-17(19(26)23-18)24-11-14-7-6-13(10-16(14)20(24)27)12-29-21(28)22-15-4-2-1-3-5-15;/h1-6,10,17H,8-9,11-12H2,(H,22,28)(H,23,25,26);/q-1;. The Hall–Kier alpha value is -2.58. The van der Waals surface area contributed by atoms with Crippen LogP contribution in [0.25, 0.3) is 0 Å². The molecule has 8 nitrogen and oxygen atoms in total. The van der Waals surface area contributed by atoms with Crippen molar-refractivity contribution in [1.82, 2.24) is 10.2 Å². The zero-order chi connectivity index (χ0) is 20.4. The second-order valence-corrected chi connectivity index (χ2v) is 6.87. The van der Waals surface area contributed by atoms with Crippen molar-refractivity contribution in [2.75, 3.05) is 5.32 Å². The first-order chi connectivity index (χ1) is 14.0. The van der Waals surface area contributed by atoms with E-state index in [1.165, 1.54) is 4.90 Å². The van der Waals surface area contributed by atoms with Crippen LogP contribution >= 0.6 is 0 Å². The Morgan fingerprint density at radius 2 is 2.00 bits per heavy atom. The number of hydrogen-bond acceptors (Lipinski definition) is 5. The Balaban J connectivity index is 0.00000256. The Morgan fingerprint density at radius 3 is 2.73 bits per heavy atom. The number of ether oxygens (including phenoxy) is 1. The first-order valence-electron chi connectivity index (χ1n) is 9.18. The molecule has 0 aliphatic carbocycles. The average molecular weight is 481 g/mol. The monoisotopic (exact) mass is 481 g/mol. The van der Waals surface area contributed by atoms with Gasteiger partial charge in [-0.05, 0) is 18.6 Å². The number of anilines is 1. The van der Waals surface area contributed by atoms with Gasteiger partial charge in [-0.25, -0.2) is 4.79 Å². The van der Waals surface area contributed by atoms with E-state index in [2.05, 4.69) is 16.7 Å². The largest absolute Gasteiger partial charge is 0.457 e. The van der Waals surface area contributed by atoms with Crippen LogP contribution < -0.4 is 10.6 Å². The summed E-state index contributed by atoms with van der Waals surface area (Å²) in [7, 11) is 0. The minimum Gasteiger partial charge on any atom is -0.457 e. The molecule has 0 bridgehead atoms. The van der Waals surface area contributed by atoms with Gasteiger partial charge < -0.3 is 9.64 Å². The van der Waals surface area contributed by atoms with Gasteiger partial charge in [0, 0.05) is 51.4 Å². The second kappa shape index (κ2) is 9.49. The fourth-order valence-corrected chi connectivity index (χ4v) is 3.43. The second-order valence-electron chi connectivity index (χ2n) is 6.87. The van der Waals surface area contributed by atoms with Gasteiger partial charge in [0.25, 0.3) is 0 Å². The topological polar surface area (TPSA) is 105 Å². The van der Waals surface area contributed by atoms with Gasteiger partial charge in [-0.15, -0.1) is 11.1 Å². The van der Waals surface area contributed by atoms with Gasteiger partial charge in [0.05, 0.1) is 6.61 Å². The van der Waals surface area contributed by atoms with E-state index in [-0.39, 0.29) is 64.1 Å². The molecule has 0 spiro atoms. The minimum atomic E-state index is -0.669. The van der Waals surface area contributed by atoms with Crippen molar-refractivity contribution in [2.24, 2.45) is 0 Å². The predicted octanol–water partition coefficient (Wildman–Crippen LogP) is 1.99. The molecule has 30 heavy (non-hydrogen) atoms.